The van der Waals surface area contributed by atoms with Crippen LogP contribution in [0.15, 0.2) is 0 Å². The Hall–Kier alpha value is 0.0700. The third kappa shape index (κ3) is 3.04. The summed E-state index contributed by atoms with van der Waals surface area (Å²) in [5, 5.41) is 0. The molecule has 0 bridgehead atoms. The van der Waals surface area contributed by atoms with Crippen LogP contribution in [0.4, 0.5) is 8.78 Å². The molecule has 5 heteroatoms. The number of ether oxygens (including phenoxy) is 1. The second-order valence-corrected chi connectivity index (χ2v) is 3.45. The van der Waals surface area contributed by atoms with Crippen molar-refractivity contribution in [3.63, 3.8) is 0 Å². The van der Waals surface area contributed by atoms with Gasteiger partial charge in [-0.25, -0.2) is 8.78 Å². The van der Waals surface area contributed by atoms with Crippen molar-refractivity contribution in [1.82, 2.24) is 0 Å². The van der Waals surface area contributed by atoms with Crippen LogP contribution in [0, 0.1) is 0 Å². The average molecular weight is 216 g/mol. The van der Waals surface area contributed by atoms with Crippen LogP contribution < -0.4 is 5.73 Å². The van der Waals surface area contributed by atoms with Crippen molar-refractivity contribution >= 4 is 12.4 Å². The molecule has 1 aliphatic rings. The Bertz CT molecular complexity index is 150. The molecular formula is C8H16ClF2NO. The molecule has 0 amide bonds. The van der Waals surface area contributed by atoms with Crippen molar-refractivity contribution in [2.45, 2.75) is 37.2 Å². The van der Waals surface area contributed by atoms with E-state index in [9.17, 15) is 8.78 Å². The van der Waals surface area contributed by atoms with Crippen molar-refractivity contribution in [2.24, 2.45) is 5.73 Å². The smallest absolute Gasteiger partial charge is 0.248 e. The minimum atomic E-state index is -2.50. The summed E-state index contributed by atoms with van der Waals surface area (Å²) in [6.45, 7) is 0.333. The fraction of sp³-hybridized carbons (Fsp3) is 1.00. The molecule has 0 unspecified atom stereocenters. The van der Waals surface area contributed by atoms with Gasteiger partial charge in [0.25, 0.3) is 0 Å². The van der Waals surface area contributed by atoms with Gasteiger partial charge < -0.3 is 10.5 Å². The van der Waals surface area contributed by atoms with Gasteiger partial charge in [-0.2, -0.15) is 0 Å². The van der Waals surface area contributed by atoms with Crippen molar-refractivity contribution in [1.29, 1.82) is 0 Å². The summed E-state index contributed by atoms with van der Waals surface area (Å²) >= 11 is 0. The molecule has 80 valence electrons. The molecular weight excluding hydrogens is 200 g/mol. The topological polar surface area (TPSA) is 35.2 Å². The Kier molecular flexibility index (Phi) is 4.55. The average Bonchev–Trinajstić information content (AvgIpc) is 2.06. The first kappa shape index (κ1) is 13.1. The van der Waals surface area contributed by atoms with Crippen LogP contribution in [0.1, 0.15) is 25.7 Å². The normalized spacial score (nSPS) is 24.9. The van der Waals surface area contributed by atoms with E-state index >= 15 is 0 Å². The molecule has 1 fully saturated rings. The van der Waals surface area contributed by atoms with E-state index in [0.717, 1.165) is 0 Å². The van der Waals surface area contributed by atoms with Gasteiger partial charge in [0.05, 0.1) is 5.60 Å². The van der Waals surface area contributed by atoms with Gasteiger partial charge in [-0.15, -0.1) is 12.4 Å². The van der Waals surface area contributed by atoms with Gasteiger partial charge in [-0.05, 0) is 12.8 Å². The molecule has 0 radical (unpaired) electrons. The molecule has 0 heterocycles. The van der Waals surface area contributed by atoms with Gasteiger partial charge >= 0.3 is 0 Å². The van der Waals surface area contributed by atoms with Crippen molar-refractivity contribution in [3.8, 4) is 0 Å². The summed E-state index contributed by atoms with van der Waals surface area (Å²) in [6.07, 6.45) is 0.538. The Balaban J connectivity index is 0.00000144. The van der Waals surface area contributed by atoms with Crippen LogP contribution in [0.5, 0.6) is 0 Å². The van der Waals surface area contributed by atoms with E-state index in [1.807, 2.05) is 0 Å². The first-order valence-electron chi connectivity index (χ1n) is 4.17. The first-order chi connectivity index (χ1) is 5.54. The predicted octanol–water partition coefficient (Wildman–Crippen LogP) is 1.96. The molecule has 0 aliphatic heterocycles. The van der Waals surface area contributed by atoms with Gasteiger partial charge in [0.1, 0.15) is 0 Å². The standard InChI is InChI=1S/C8H15F2NO.ClH/c1-12-7(6-11)2-4-8(9,10)5-3-7;/h2-6,11H2,1H3;1H. The van der Waals surface area contributed by atoms with E-state index in [4.69, 9.17) is 10.5 Å². The summed E-state index contributed by atoms with van der Waals surface area (Å²) in [7, 11) is 1.54. The fourth-order valence-electron chi connectivity index (χ4n) is 1.56. The zero-order valence-electron chi connectivity index (χ0n) is 7.69. The Labute approximate surface area is 83.2 Å². The maximum absolute atomic E-state index is 12.7. The first-order valence-corrected chi connectivity index (χ1v) is 4.17. The molecule has 0 aromatic carbocycles. The Morgan fingerprint density at radius 1 is 1.23 bits per heavy atom. The molecule has 0 spiro atoms. The second-order valence-electron chi connectivity index (χ2n) is 3.45. The number of halogens is 3. The van der Waals surface area contributed by atoms with Gasteiger partial charge in [0.2, 0.25) is 5.92 Å². The second kappa shape index (κ2) is 4.53. The molecule has 0 aromatic rings. The van der Waals surface area contributed by atoms with Crippen molar-refractivity contribution < 1.29 is 13.5 Å². The summed E-state index contributed by atoms with van der Waals surface area (Å²) in [5.74, 6) is -2.50. The number of hydrogen-bond donors (Lipinski definition) is 1. The molecule has 0 saturated heterocycles. The SMILES string of the molecule is COC1(CN)CCC(F)(F)CC1.Cl. The van der Waals surface area contributed by atoms with Gasteiger partial charge in [-0.3, -0.25) is 0 Å². The quantitative estimate of drug-likeness (QED) is 0.765. The van der Waals surface area contributed by atoms with Crippen LogP contribution in [-0.2, 0) is 4.74 Å². The highest BCUT2D eigenvalue weighted by Gasteiger charge is 2.42. The van der Waals surface area contributed by atoms with Crippen LogP contribution in [0.3, 0.4) is 0 Å². The van der Waals surface area contributed by atoms with Gasteiger partial charge in [0.15, 0.2) is 0 Å². The predicted molar refractivity (Wildman–Crippen MR) is 49.5 cm³/mol. The van der Waals surface area contributed by atoms with E-state index in [1.165, 1.54) is 7.11 Å². The maximum Gasteiger partial charge on any atom is 0.248 e. The molecule has 2 N–H and O–H groups in total. The number of methoxy groups -OCH3 is 1. The lowest BCUT2D eigenvalue weighted by Gasteiger charge is -2.37. The summed E-state index contributed by atoms with van der Waals surface area (Å²) < 4.78 is 30.6. The molecule has 0 atom stereocenters. The van der Waals surface area contributed by atoms with Gasteiger partial charge in [0, 0.05) is 26.5 Å². The highest BCUT2D eigenvalue weighted by atomic mass is 35.5. The summed E-state index contributed by atoms with van der Waals surface area (Å²) in [5.41, 5.74) is 4.98. The lowest BCUT2D eigenvalue weighted by molar-refractivity contribution is -0.114. The fourth-order valence-corrected chi connectivity index (χ4v) is 1.56. The maximum atomic E-state index is 12.7. The summed E-state index contributed by atoms with van der Waals surface area (Å²) in [6, 6.07) is 0. The number of rotatable bonds is 2. The number of nitrogens with two attached hydrogens (primary N) is 1. The van der Waals surface area contributed by atoms with E-state index in [1.54, 1.807) is 0 Å². The molecule has 2 nitrogen and oxygen atoms in total. The molecule has 1 saturated carbocycles. The van der Waals surface area contributed by atoms with E-state index in [-0.39, 0.29) is 25.2 Å². The van der Waals surface area contributed by atoms with Crippen LogP contribution >= 0.6 is 12.4 Å². The Morgan fingerprint density at radius 3 is 2.00 bits per heavy atom. The number of alkyl halides is 2. The van der Waals surface area contributed by atoms with E-state index < -0.39 is 11.5 Å². The largest absolute Gasteiger partial charge is 0.377 e. The lowest BCUT2D eigenvalue weighted by Crippen LogP contribution is -2.45. The third-order valence-corrected chi connectivity index (χ3v) is 2.70. The Morgan fingerprint density at radius 2 is 1.69 bits per heavy atom. The minimum Gasteiger partial charge on any atom is -0.377 e. The monoisotopic (exact) mass is 215 g/mol. The lowest BCUT2D eigenvalue weighted by atomic mass is 9.82. The van der Waals surface area contributed by atoms with Crippen LogP contribution in [0.25, 0.3) is 0 Å². The molecule has 1 aliphatic carbocycles. The number of hydrogen-bond acceptors (Lipinski definition) is 2. The molecule has 0 aromatic heterocycles. The molecule has 13 heavy (non-hydrogen) atoms. The zero-order chi connectivity index (χ0) is 9.24. The van der Waals surface area contributed by atoms with Crippen LogP contribution in [0.2, 0.25) is 0 Å². The minimum absolute atomic E-state index is 0. The van der Waals surface area contributed by atoms with E-state index in [2.05, 4.69) is 0 Å². The highest BCUT2D eigenvalue weighted by Crippen LogP contribution is 2.39. The zero-order valence-corrected chi connectivity index (χ0v) is 8.50. The van der Waals surface area contributed by atoms with Crippen molar-refractivity contribution in [3.05, 3.63) is 0 Å². The van der Waals surface area contributed by atoms with Crippen molar-refractivity contribution in [2.75, 3.05) is 13.7 Å². The third-order valence-electron chi connectivity index (χ3n) is 2.70. The highest BCUT2D eigenvalue weighted by molar-refractivity contribution is 5.85. The summed E-state index contributed by atoms with van der Waals surface area (Å²) in [4.78, 5) is 0. The van der Waals surface area contributed by atoms with E-state index in [0.29, 0.717) is 19.4 Å². The van der Waals surface area contributed by atoms with Crippen LogP contribution in [-0.4, -0.2) is 25.2 Å². The van der Waals surface area contributed by atoms with Gasteiger partial charge in [-0.1, -0.05) is 0 Å². The molecule has 1 rings (SSSR count).